The number of fused-ring (bicyclic) bond motifs is 1. The maximum absolute atomic E-state index is 12.9. The van der Waals surface area contributed by atoms with Crippen molar-refractivity contribution in [1.29, 1.82) is 0 Å². The van der Waals surface area contributed by atoms with Crippen LogP contribution in [0, 0.1) is 25.7 Å². The van der Waals surface area contributed by atoms with Gasteiger partial charge in [0, 0.05) is 22.4 Å². The van der Waals surface area contributed by atoms with Gasteiger partial charge < -0.3 is 10.4 Å². The van der Waals surface area contributed by atoms with Gasteiger partial charge in [0.2, 0.25) is 0 Å². The van der Waals surface area contributed by atoms with Crippen LogP contribution < -0.4 is 5.32 Å². The molecule has 32 heavy (non-hydrogen) atoms. The van der Waals surface area contributed by atoms with Crippen LogP contribution in [-0.2, 0) is 6.42 Å². The minimum atomic E-state index is -1.05. The molecule has 0 bridgehead atoms. The standard InChI is InChI=1S/C27H29N3O2/c1-18-14-19(2)16-22(15-18)30-25-7-5-6-24(23(25)17-28-30)29-26(31)21-10-8-20(9-11-21)12-13-27(3,4)32/h8-11,14-17,24,32H,5-7H2,1-4H3,(H,29,31)/t24-/m0/s1. The summed E-state index contributed by atoms with van der Waals surface area (Å²) in [5, 5.41) is 17.6. The summed E-state index contributed by atoms with van der Waals surface area (Å²) < 4.78 is 2.02. The Morgan fingerprint density at radius 1 is 1.16 bits per heavy atom. The molecule has 0 saturated carbocycles. The number of carbonyl (C=O) groups is 1. The quantitative estimate of drug-likeness (QED) is 0.608. The molecule has 164 valence electrons. The van der Waals surface area contributed by atoms with Gasteiger partial charge in [-0.05, 0) is 94.5 Å². The van der Waals surface area contributed by atoms with Gasteiger partial charge >= 0.3 is 0 Å². The molecule has 5 nitrogen and oxygen atoms in total. The Hall–Kier alpha value is -3.36. The van der Waals surface area contributed by atoms with Crippen molar-refractivity contribution in [2.45, 2.75) is 58.6 Å². The highest BCUT2D eigenvalue weighted by Gasteiger charge is 2.26. The van der Waals surface area contributed by atoms with Crippen LogP contribution >= 0.6 is 0 Å². The highest BCUT2D eigenvalue weighted by molar-refractivity contribution is 5.94. The van der Waals surface area contributed by atoms with Crippen LogP contribution in [0.3, 0.4) is 0 Å². The smallest absolute Gasteiger partial charge is 0.251 e. The fourth-order valence-electron chi connectivity index (χ4n) is 4.17. The molecular weight excluding hydrogens is 398 g/mol. The second-order valence-corrected chi connectivity index (χ2v) is 9.11. The first-order chi connectivity index (χ1) is 15.2. The molecule has 0 fully saturated rings. The molecule has 1 aliphatic rings. The average molecular weight is 428 g/mol. The number of amides is 1. The number of hydrogen-bond acceptors (Lipinski definition) is 3. The molecule has 2 N–H and O–H groups in total. The van der Waals surface area contributed by atoms with Crippen LogP contribution in [0.1, 0.15) is 71.0 Å². The lowest BCUT2D eigenvalue weighted by Crippen LogP contribution is -2.31. The number of aromatic nitrogens is 2. The number of nitrogens with zero attached hydrogens (tertiary/aromatic N) is 2. The monoisotopic (exact) mass is 427 g/mol. The number of carbonyl (C=O) groups excluding carboxylic acids is 1. The molecule has 4 rings (SSSR count). The Balaban J connectivity index is 1.52. The molecule has 0 saturated heterocycles. The zero-order valence-corrected chi connectivity index (χ0v) is 19.1. The van der Waals surface area contributed by atoms with Crippen molar-refractivity contribution in [1.82, 2.24) is 15.1 Å². The molecule has 0 unspecified atom stereocenters. The van der Waals surface area contributed by atoms with Crippen LogP contribution in [-0.4, -0.2) is 26.4 Å². The topological polar surface area (TPSA) is 67.2 Å². The molecule has 1 amide bonds. The first kappa shape index (κ1) is 21.9. The van der Waals surface area contributed by atoms with E-state index < -0.39 is 5.60 Å². The summed E-state index contributed by atoms with van der Waals surface area (Å²) in [6.07, 6.45) is 4.74. The van der Waals surface area contributed by atoms with E-state index in [1.807, 2.05) is 10.9 Å². The summed E-state index contributed by atoms with van der Waals surface area (Å²) in [5.41, 5.74) is 6.06. The van der Waals surface area contributed by atoms with Crippen LogP contribution in [0.2, 0.25) is 0 Å². The molecule has 3 aromatic rings. The molecule has 0 spiro atoms. The first-order valence-electron chi connectivity index (χ1n) is 11.0. The highest BCUT2D eigenvalue weighted by atomic mass is 16.3. The molecule has 1 heterocycles. The third-order valence-electron chi connectivity index (χ3n) is 5.60. The van der Waals surface area contributed by atoms with Gasteiger partial charge in [0.15, 0.2) is 0 Å². The van der Waals surface area contributed by atoms with E-state index in [-0.39, 0.29) is 11.9 Å². The first-order valence-corrected chi connectivity index (χ1v) is 11.0. The molecule has 2 aromatic carbocycles. The van der Waals surface area contributed by atoms with Gasteiger partial charge in [0.1, 0.15) is 5.60 Å². The van der Waals surface area contributed by atoms with Gasteiger partial charge in [0.25, 0.3) is 5.91 Å². The van der Waals surface area contributed by atoms with E-state index in [0.717, 1.165) is 36.1 Å². The molecule has 0 aliphatic heterocycles. The predicted octanol–water partition coefficient (Wildman–Crippen LogP) is 4.42. The SMILES string of the molecule is Cc1cc(C)cc(-n2ncc3c2CCC[C@@H]3NC(=O)c2ccc(C#CC(C)(C)O)cc2)c1. The molecule has 5 heteroatoms. The Labute approximate surface area is 189 Å². The van der Waals surface area contributed by atoms with Crippen LogP contribution in [0.15, 0.2) is 48.7 Å². The summed E-state index contributed by atoms with van der Waals surface area (Å²) in [7, 11) is 0. The summed E-state index contributed by atoms with van der Waals surface area (Å²) in [6.45, 7) is 7.47. The zero-order valence-electron chi connectivity index (χ0n) is 19.1. The number of aliphatic hydroxyl groups is 1. The van der Waals surface area contributed by atoms with Gasteiger partial charge in [-0.15, -0.1) is 0 Å². The second-order valence-electron chi connectivity index (χ2n) is 9.11. The molecule has 1 atom stereocenters. The van der Waals surface area contributed by atoms with Crippen molar-refractivity contribution in [2.24, 2.45) is 0 Å². The van der Waals surface area contributed by atoms with E-state index in [2.05, 4.69) is 54.3 Å². The third kappa shape index (κ3) is 4.92. The largest absolute Gasteiger partial charge is 0.378 e. The third-order valence-corrected chi connectivity index (χ3v) is 5.60. The Bertz CT molecular complexity index is 1180. The average Bonchev–Trinajstić information content (AvgIpc) is 3.17. The minimum absolute atomic E-state index is 0.0550. The molecular formula is C27H29N3O2. The second kappa shape index (κ2) is 8.64. The maximum atomic E-state index is 12.9. The van der Waals surface area contributed by atoms with E-state index in [4.69, 9.17) is 0 Å². The fourth-order valence-corrected chi connectivity index (χ4v) is 4.17. The van der Waals surface area contributed by atoms with Gasteiger partial charge in [-0.1, -0.05) is 17.9 Å². The van der Waals surface area contributed by atoms with Crippen molar-refractivity contribution in [3.05, 3.63) is 82.2 Å². The van der Waals surface area contributed by atoms with Gasteiger partial charge in [-0.25, -0.2) is 4.68 Å². The van der Waals surface area contributed by atoms with Crippen molar-refractivity contribution in [3.63, 3.8) is 0 Å². The molecule has 1 aromatic heterocycles. The van der Waals surface area contributed by atoms with E-state index in [9.17, 15) is 9.90 Å². The van der Waals surface area contributed by atoms with Crippen LogP contribution in [0.25, 0.3) is 5.69 Å². The Kier molecular flexibility index (Phi) is 5.90. The number of aryl methyl sites for hydroxylation is 2. The van der Waals surface area contributed by atoms with E-state index in [1.165, 1.54) is 16.8 Å². The van der Waals surface area contributed by atoms with E-state index in [0.29, 0.717) is 5.56 Å². The Morgan fingerprint density at radius 3 is 2.50 bits per heavy atom. The number of benzene rings is 2. The highest BCUT2D eigenvalue weighted by Crippen LogP contribution is 2.31. The van der Waals surface area contributed by atoms with E-state index in [1.54, 1.807) is 38.1 Å². The normalized spacial score (nSPS) is 15.5. The van der Waals surface area contributed by atoms with Crippen molar-refractivity contribution < 1.29 is 9.90 Å². The van der Waals surface area contributed by atoms with Crippen molar-refractivity contribution in [3.8, 4) is 17.5 Å². The van der Waals surface area contributed by atoms with Gasteiger partial charge in [-0.3, -0.25) is 4.79 Å². The van der Waals surface area contributed by atoms with Crippen LogP contribution in [0.5, 0.6) is 0 Å². The van der Waals surface area contributed by atoms with Crippen molar-refractivity contribution >= 4 is 5.91 Å². The van der Waals surface area contributed by atoms with Crippen molar-refractivity contribution in [2.75, 3.05) is 0 Å². The van der Waals surface area contributed by atoms with E-state index >= 15 is 0 Å². The maximum Gasteiger partial charge on any atom is 0.251 e. The summed E-state index contributed by atoms with van der Waals surface area (Å²) >= 11 is 0. The van der Waals surface area contributed by atoms with Gasteiger partial charge in [0.05, 0.1) is 17.9 Å². The Morgan fingerprint density at radius 2 is 1.84 bits per heavy atom. The summed E-state index contributed by atoms with van der Waals surface area (Å²) in [6, 6.07) is 13.5. The van der Waals surface area contributed by atoms with Crippen LogP contribution in [0.4, 0.5) is 0 Å². The number of rotatable bonds is 3. The molecule has 1 aliphatic carbocycles. The fraction of sp³-hybridized carbons (Fsp3) is 0.333. The summed E-state index contributed by atoms with van der Waals surface area (Å²) in [4.78, 5) is 12.9. The number of nitrogens with one attached hydrogen (secondary N) is 1. The minimum Gasteiger partial charge on any atom is -0.378 e. The summed E-state index contributed by atoms with van der Waals surface area (Å²) in [5.74, 6) is 5.60. The van der Waals surface area contributed by atoms with Gasteiger partial charge in [-0.2, -0.15) is 5.10 Å². The zero-order chi connectivity index (χ0) is 22.9. The lowest BCUT2D eigenvalue weighted by Gasteiger charge is -2.24. The predicted molar refractivity (Wildman–Crippen MR) is 126 cm³/mol. The molecule has 0 radical (unpaired) electrons. The lowest BCUT2D eigenvalue weighted by atomic mass is 9.92. The number of hydrogen-bond donors (Lipinski definition) is 2. The lowest BCUT2D eigenvalue weighted by molar-refractivity contribution is 0.0932.